The Morgan fingerprint density at radius 3 is 2.65 bits per heavy atom. The van der Waals surface area contributed by atoms with Gasteiger partial charge in [0.15, 0.2) is 0 Å². The summed E-state index contributed by atoms with van der Waals surface area (Å²) in [5, 5.41) is 15.6. The number of fused-ring (bicyclic) bond motifs is 1. The first-order valence-electron chi connectivity index (χ1n) is 9.22. The second-order valence-electron chi connectivity index (χ2n) is 6.84. The van der Waals surface area contributed by atoms with Gasteiger partial charge >= 0.3 is 0 Å². The van der Waals surface area contributed by atoms with E-state index in [0.717, 1.165) is 52.9 Å². The molecule has 4 nitrogen and oxygen atoms in total. The van der Waals surface area contributed by atoms with Crippen LogP contribution in [0.5, 0.6) is 5.75 Å². The molecule has 0 spiro atoms. The van der Waals surface area contributed by atoms with Gasteiger partial charge in [0.1, 0.15) is 5.75 Å². The molecule has 3 aromatic rings. The summed E-state index contributed by atoms with van der Waals surface area (Å²) in [7, 11) is 1.66. The Labute approximate surface area is 153 Å². The van der Waals surface area contributed by atoms with Gasteiger partial charge in [-0.25, -0.2) is 4.98 Å². The predicted molar refractivity (Wildman–Crippen MR) is 104 cm³/mol. The summed E-state index contributed by atoms with van der Waals surface area (Å²) in [6.45, 7) is 0.968. The van der Waals surface area contributed by atoms with Crippen LogP contribution >= 0.6 is 0 Å². The molecule has 1 aliphatic rings. The fourth-order valence-electron chi connectivity index (χ4n) is 3.72. The largest absolute Gasteiger partial charge is 0.497 e. The van der Waals surface area contributed by atoms with E-state index in [1.807, 2.05) is 54.6 Å². The van der Waals surface area contributed by atoms with Crippen LogP contribution in [0.1, 0.15) is 30.9 Å². The molecule has 0 amide bonds. The Balaban J connectivity index is 1.79. The minimum Gasteiger partial charge on any atom is -0.497 e. The van der Waals surface area contributed by atoms with Crippen molar-refractivity contribution in [3.8, 4) is 17.0 Å². The van der Waals surface area contributed by atoms with Crippen LogP contribution in [0.3, 0.4) is 0 Å². The zero-order valence-corrected chi connectivity index (χ0v) is 15.0. The molecule has 0 radical (unpaired) electrons. The van der Waals surface area contributed by atoms with Gasteiger partial charge in [-0.3, -0.25) is 0 Å². The molecule has 2 heterocycles. The molecule has 0 bridgehead atoms. The average Bonchev–Trinajstić information content (AvgIpc) is 2.73. The second kappa shape index (κ2) is 7.44. The van der Waals surface area contributed by atoms with Crippen molar-refractivity contribution in [3.63, 3.8) is 0 Å². The Bertz CT molecular complexity index is 886. The van der Waals surface area contributed by atoms with Gasteiger partial charge in [0.25, 0.3) is 0 Å². The van der Waals surface area contributed by atoms with E-state index < -0.39 is 6.10 Å². The summed E-state index contributed by atoms with van der Waals surface area (Å²) < 4.78 is 5.25. The highest BCUT2D eigenvalue weighted by atomic mass is 16.5. The van der Waals surface area contributed by atoms with Gasteiger partial charge in [-0.15, -0.1) is 0 Å². The number of benzene rings is 2. The molecule has 2 unspecified atom stereocenters. The number of ether oxygens (including phenoxy) is 1. The summed E-state index contributed by atoms with van der Waals surface area (Å²) in [4.78, 5) is 4.82. The van der Waals surface area contributed by atoms with Crippen LogP contribution in [0.2, 0.25) is 0 Å². The van der Waals surface area contributed by atoms with Crippen molar-refractivity contribution < 1.29 is 9.84 Å². The SMILES string of the molecule is COc1ccc(-c2cc(C(O)C3CCCCN3)c3ccccc3n2)cc1. The van der Waals surface area contributed by atoms with Crippen LogP contribution in [-0.4, -0.2) is 29.8 Å². The maximum Gasteiger partial charge on any atom is 0.118 e. The van der Waals surface area contributed by atoms with Crippen molar-refractivity contribution in [1.82, 2.24) is 10.3 Å². The van der Waals surface area contributed by atoms with Crippen molar-refractivity contribution >= 4 is 10.9 Å². The van der Waals surface area contributed by atoms with Crippen molar-refractivity contribution in [2.75, 3.05) is 13.7 Å². The lowest BCUT2D eigenvalue weighted by atomic mass is 9.92. The van der Waals surface area contributed by atoms with E-state index in [0.29, 0.717) is 0 Å². The third-order valence-electron chi connectivity index (χ3n) is 5.18. The molecule has 26 heavy (non-hydrogen) atoms. The summed E-state index contributed by atoms with van der Waals surface area (Å²) >= 11 is 0. The number of pyridine rings is 1. The summed E-state index contributed by atoms with van der Waals surface area (Å²) in [5.41, 5.74) is 3.74. The minimum absolute atomic E-state index is 0.0956. The maximum atomic E-state index is 11.1. The molecular weight excluding hydrogens is 324 g/mol. The van der Waals surface area contributed by atoms with E-state index in [4.69, 9.17) is 9.72 Å². The van der Waals surface area contributed by atoms with Gasteiger partial charge < -0.3 is 15.2 Å². The van der Waals surface area contributed by atoms with E-state index in [1.165, 1.54) is 6.42 Å². The standard InChI is InChI=1S/C22H24N2O2/c1-26-16-11-9-15(10-12-16)21-14-18(17-6-2-3-7-19(17)24-21)22(25)20-8-4-5-13-23-20/h2-3,6-7,9-12,14,20,22-23,25H,4-5,8,13H2,1H3. The number of hydrogen-bond acceptors (Lipinski definition) is 4. The normalized spacial score (nSPS) is 18.6. The Kier molecular flexibility index (Phi) is 4.87. The summed E-state index contributed by atoms with van der Waals surface area (Å²) in [6, 6.07) is 18.0. The first-order valence-corrected chi connectivity index (χ1v) is 9.22. The number of aliphatic hydroxyl groups is 1. The number of nitrogens with zero attached hydrogens (tertiary/aromatic N) is 1. The number of aliphatic hydroxyl groups excluding tert-OH is 1. The molecule has 1 fully saturated rings. The molecule has 2 N–H and O–H groups in total. The highest BCUT2D eigenvalue weighted by Gasteiger charge is 2.25. The van der Waals surface area contributed by atoms with Crippen molar-refractivity contribution in [2.24, 2.45) is 0 Å². The van der Waals surface area contributed by atoms with Gasteiger partial charge in [0, 0.05) is 17.0 Å². The van der Waals surface area contributed by atoms with Crippen LogP contribution in [0.15, 0.2) is 54.6 Å². The van der Waals surface area contributed by atoms with E-state index in [-0.39, 0.29) is 6.04 Å². The van der Waals surface area contributed by atoms with E-state index >= 15 is 0 Å². The molecule has 4 rings (SSSR count). The van der Waals surface area contributed by atoms with Gasteiger partial charge in [-0.2, -0.15) is 0 Å². The number of rotatable bonds is 4. The first-order chi connectivity index (χ1) is 12.8. The summed E-state index contributed by atoms with van der Waals surface area (Å²) in [5.74, 6) is 0.821. The molecule has 1 aromatic heterocycles. The lowest BCUT2D eigenvalue weighted by Gasteiger charge is -2.29. The lowest BCUT2D eigenvalue weighted by Crippen LogP contribution is -2.38. The highest BCUT2D eigenvalue weighted by molar-refractivity contribution is 5.85. The van der Waals surface area contributed by atoms with Crippen LogP contribution in [0.4, 0.5) is 0 Å². The van der Waals surface area contributed by atoms with Gasteiger partial charge in [-0.05, 0) is 61.3 Å². The first kappa shape index (κ1) is 17.0. The van der Waals surface area contributed by atoms with Crippen molar-refractivity contribution in [2.45, 2.75) is 31.4 Å². The molecule has 134 valence electrons. The topological polar surface area (TPSA) is 54.4 Å². The number of para-hydroxylation sites is 1. The third-order valence-corrected chi connectivity index (χ3v) is 5.18. The van der Waals surface area contributed by atoms with Crippen molar-refractivity contribution in [1.29, 1.82) is 0 Å². The molecule has 0 aliphatic carbocycles. The van der Waals surface area contributed by atoms with E-state index in [2.05, 4.69) is 5.32 Å². The third kappa shape index (κ3) is 3.30. The second-order valence-corrected chi connectivity index (χ2v) is 6.84. The highest BCUT2D eigenvalue weighted by Crippen LogP contribution is 2.32. The number of methoxy groups -OCH3 is 1. The molecule has 2 aromatic carbocycles. The molecule has 2 atom stereocenters. The summed E-state index contributed by atoms with van der Waals surface area (Å²) in [6.07, 6.45) is 2.79. The van der Waals surface area contributed by atoms with Crippen LogP contribution in [0, 0.1) is 0 Å². The van der Waals surface area contributed by atoms with Gasteiger partial charge in [0.05, 0.1) is 24.4 Å². The zero-order chi connectivity index (χ0) is 17.9. The Morgan fingerprint density at radius 2 is 1.92 bits per heavy atom. The zero-order valence-electron chi connectivity index (χ0n) is 15.0. The predicted octanol–water partition coefficient (Wildman–Crippen LogP) is 4.09. The maximum absolute atomic E-state index is 11.1. The van der Waals surface area contributed by atoms with E-state index in [1.54, 1.807) is 7.11 Å². The van der Waals surface area contributed by atoms with Gasteiger partial charge in [0.2, 0.25) is 0 Å². The van der Waals surface area contributed by atoms with Crippen LogP contribution in [-0.2, 0) is 0 Å². The van der Waals surface area contributed by atoms with Crippen molar-refractivity contribution in [3.05, 3.63) is 60.2 Å². The fourth-order valence-corrected chi connectivity index (χ4v) is 3.72. The number of nitrogens with one attached hydrogen (secondary N) is 1. The van der Waals surface area contributed by atoms with Crippen LogP contribution < -0.4 is 10.1 Å². The molecule has 1 saturated heterocycles. The molecule has 4 heteroatoms. The molecule has 1 aliphatic heterocycles. The Morgan fingerprint density at radius 1 is 1.12 bits per heavy atom. The number of piperidine rings is 1. The van der Waals surface area contributed by atoms with Gasteiger partial charge in [-0.1, -0.05) is 24.6 Å². The lowest BCUT2D eigenvalue weighted by molar-refractivity contribution is 0.115. The van der Waals surface area contributed by atoms with E-state index in [9.17, 15) is 5.11 Å². The number of aromatic nitrogens is 1. The smallest absolute Gasteiger partial charge is 0.118 e. The molecule has 0 saturated carbocycles. The monoisotopic (exact) mass is 348 g/mol. The number of hydrogen-bond donors (Lipinski definition) is 2. The fraction of sp³-hybridized carbons (Fsp3) is 0.318. The Hall–Kier alpha value is -2.43. The van der Waals surface area contributed by atoms with Crippen LogP contribution in [0.25, 0.3) is 22.2 Å². The molecular formula is C22H24N2O2. The quantitative estimate of drug-likeness (QED) is 0.746. The average molecular weight is 348 g/mol. The minimum atomic E-state index is -0.541.